The van der Waals surface area contributed by atoms with Crippen LogP contribution >= 0.6 is 31.9 Å². The van der Waals surface area contributed by atoms with E-state index in [1.165, 1.54) is 6.07 Å². The molecule has 17 heavy (non-hydrogen) atoms. The summed E-state index contributed by atoms with van der Waals surface area (Å²) >= 11 is 6.40. The van der Waals surface area contributed by atoms with Gasteiger partial charge in [0.05, 0.1) is 5.69 Å². The third-order valence-electron chi connectivity index (χ3n) is 2.09. The number of carbonyl (C=O) groups excluding carboxylic acids is 1. The molecule has 0 aliphatic rings. The van der Waals surface area contributed by atoms with E-state index < -0.39 is 11.7 Å². The van der Waals surface area contributed by atoms with Crippen molar-refractivity contribution in [3.8, 4) is 0 Å². The number of anilines is 1. The zero-order valence-electron chi connectivity index (χ0n) is 8.43. The first-order chi connectivity index (χ1) is 8.08. The van der Waals surface area contributed by atoms with E-state index >= 15 is 0 Å². The number of aromatic nitrogens is 1. The molecule has 88 valence electrons. The van der Waals surface area contributed by atoms with Gasteiger partial charge in [0.25, 0.3) is 5.91 Å². The average molecular weight is 362 g/mol. The number of benzene rings is 1. The van der Waals surface area contributed by atoms with Crippen molar-refractivity contribution in [2.75, 3.05) is 5.32 Å². The molecule has 0 unspecified atom stereocenters. The van der Waals surface area contributed by atoms with Gasteiger partial charge >= 0.3 is 0 Å². The second kappa shape index (κ2) is 5.01. The molecular formula is C11H7Br2FN2O. The van der Waals surface area contributed by atoms with E-state index in [-0.39, 0.29) is 5.69 Å². The standard InChI is InChI=1S/C11H7Br2FN2O/c12-6-4-9(15-5-6)11(17)16-10-7(13)2-1-3-8(10)14/h1-5,15H,(H,16,17). The molecule has 1 aromatic heterocycles. The SMILES string of the molecule is O=C(Nc1c(F)cccc1Br)c1cc(Br)c[nH]1. The zero-order valence-corrected chi connectivity index (χ0v) is 11.6. The number of halogens is 3. The summed E-state index contributed by atoms with van der Waals surface area (Å²) in [6.07, 6.45) is 1.63. The van der Waals surface area contributed by atoms with Crippen molar-refractivity contribution in [1.82, 2.24) is 4.98 Å². The van der Waals surface area contributed by atoms with E-state index in [4.69, 9.17) is 0 Å². The molecule has 1 heterocycles. The number of aromatic amines is 1. The highest BCUT2D eigenvalue weighted by Gasteiger charge is 2.13. The van der Waals surface area contributed by atoms with E-state index in [9.17, 15) is 9.18 Å². The van der Waals surface area contributed by atoms with Crippen LogP contribution in [0, 0.1) is 5.82 Å². The summed E-state index contributed by atoms with van der Waals surface area (Å²) in [7, 11) is 0. The van der Waals surface area contributed by atoms with Gasteiger partial charge in [-0.2, -0.15) is 0 Å². The second-order valence-electron chi connectivity index (χ2n) is 3.28. The quantitative estimate of drug-likeness (QED) is 0.836. The summed E-state index contributed by atoms with van der Waals surface area (Å²) in [4.78, 5) is 14.5. The lowest BCUT2D eigenvalue weighted by atomic mass is 10.3. The minimum absolute atomic E-state index is 0.128. The van der Waals surface area contributed by atoms with E-state index in [1.807, 2.05) is 0 Å². The molecule has 0 saturated heterocycles. The number of hydrogen-bond acceptors (Lipinski definition) is 1. The van der Waals surface area contributed by atoms with Crippen LogP contribution in [-0.4, -0.2) is 10.9 Å². The van der Waals surface area contributed by atoms with Crippen molar-refractivity contribution in [3.63, 3.8) is 0 Å². The van der Waals surface area contributed by atoms with Crippen LogP contribution in [0.4, 0.5) is 10.1 Å². The molecule has 0 radical (unpaired) electrons. The van der Waals surface area contributed by atoms with Gasteiger partial charge in [0, 0.05) is 15.1 Å². The Hall–Kier alpha value is -1.14. The van der Waals surface area contributed by atoms with E-state index in [1.54, 1.807) is 24.4 Å². The molecule has 2 rings (SSSR count). The number of H-pyrrole nitrogens is 1. The third kappa shape index (κ3) is 2.76. The van der Waals surface area contributed by atoms with Crippen LogP contribution in [0.25, 0.3) is 0 Å². The Balaban J connectivity index is 2.24. The van der Waals surface area contributed by atoms with Gasteiger partial charge in [-0.3, -0.25) is 4.79 Å². The Kier molecular flexibility index (Phi) is 3.63. The normalized spacial score (nSPS) is 10.3. The minimum atomic E-state index is -0.488. The summed E-state index contributed by atoms with van der Waals surface area (Å²) in [6.45, 7) is 0. The fraction of sp³-hybridized carbons (Fsp3) is 0. The van der Waals surface area contributed by atoms with Crippen LogP contribution in [0.2, 0.25) is 0 Å². The maximum absolute atomic E-state index is 13.5. The number of nitrogens with one attached hydrogen (secondary N) is 2. The molecule has 0 aliphatic carbocycles. The lowest BCUT2D eigenvalue weighted by Crippen LogP contribution is -2.13. The number of carbonyl (C=O) groups is 1. The first kappa shape index (κ1) is 12.3. The van der Waals surface area contributed by atoms with Gasteiger partial charge in [0.1, 0.15) is 11.5 Å². The van der Waals surface area contributed by atoms with Gasteiger partial charge in [-0.05, 0) is 50.1 Å². The van der Waals surface area contributed by atoms with Crippen molar-refractivity contribution in [1.29, 1.82) is 0 Å². The fourth-order valence-corrected chi connectivity index (χ4v) is 2.08. The molecule has 0 fully saturated rings. The first-order valence-electron chi connectivity index (χ1n) is 4.67. The Labute approximate surface area is 114 Å². The molecule has 3 nitrogen and oxygen atoms in total. The number of para-hydroxylation sites is 1. The highest BCUT2D eigenvalue weighted by molar-refractivity contribution is 9.10. The van der Waals surface area contributed by atoms with Crippen molar-refractivity contribution in [2.24, 2.45) is 0 Å². The van der Waals surface area contributed by atoms with Crippen molar-refractivity contribution in [2.45, 2.75) is 0 Å². The van der Waals surface area contributed by atoms with Gasteiger partial charge in [0.2, 0.25) is 0 Å². The summed E-state index contributed by atoms with van der Waals surface area (Å²) in [5.74, 6) is -0.889. The molecule has 0 aliphatic heterocycles. The smallest absolute Gasteiger partial charge is 0.272 e. The van der Waals surface area contributed by atoms with Gasteiger partial charge in [-0.1, -0.05) is 6.07 Å². The van der Waals surface area contributed by atoms with E-state index in [2.05, 4.69) is 42.2 Å². The number of rotatable bonds is 2. The summed E-state index contributed by atoms with van der Waals surface area (Å²) in [5.41, 5.74) is 0.482. The Bertz CT molecular complexity index is 548. The van der Waals surface area contributed by atoms with Crippen molar-refractivity contribution < 1.29 is 9.18 Å². The Morgan fingerprint density at radius 2 is 2.12 bits per heavy atom. The van der Waals surface area contributed by atoms with Crippen LogP contribution in [0.3, 0.4) is 0 Å². The highest BCUT2D eigenvalue weighted by Crippen LogP contribution is 2.25. The average Bonchev–Trinajstić information content (AvgIpc) is 2.70. The van der Waals surface area contributed by atoms with Gasteiger partial charge < -0.3 is 10.3 Å². The minimum Gasteiger partial charge on any atom is -0.356 e. The van der Waals surface area contributed by atoms with Gasteiger partial charge in [0.15, 0.2) is 0 Å². The monoisotopic (exact) mass is 360 g/mol. The Morgan fingerprint density at radius 1 is 1.35 bits per heavy atom. The number of amides is 1. The lowest BCUT2D eigenvalue weighted by Gasteiger charge is -2.07. The molecule has 0 spiro atoms. The highest BCUT2D eigenvalue weighted by atomic mass is 79.9. The van der Waals surface area contributed by atoms with Gasteiger partial charge in [-0.25, -0.2) is 4.39 Å². The molecule has 2 N–H and O–H groups in total. The first-order valence-corrected chi connectivity index (χ1v) is 6.26. The van der Waals surface area contributed by atoms with Crippen molar-refractivity contribution in [3.05, 3.63) is 50.9 Å². The molecule has 0 saturated carbocycles. The topological polar surface area (TPSA) is 44.9 Å². The fourth-order valence-electron chi connectivity index (χ4n) is 1.30. The maximum Gasteiger partial charge on any atom is 0.272 e. The molecule has 0 atom stereocenters. The van der Waals surface area contributed by atoms with Crippen LogP contribution in [0.5, 0.6) is 0 Å². The summed E-state index contributed by atoms with van der Waals surface area (Å²) < 4.78 is 14.7. The zero-order chi connectivity index (χ0) is 12.4. The van der Waals surface area contributed by atoms with E-state index in [0.717, 1.165) is 4.47 Å². The second-order valence-corrected chi connectivity index (χ2v) is 5.05. The summed E-state index contributed by atoms with van der Waals surface area (Å²) in [6, 6.07) is 6.11. The molecule has 1 aromatic carbocycles. The van der Waals surface area contributed by atoms with Crippen LogP contribution < -0.4 is 5.32 Å². The molecule has 0 bridgehead atoms. The molecular weight excluding hydrogens is 355 g/mol. The van der Waals surface area contributed by atoms with E-state index in [0.29, 0.717) is 10.2 Å². The predicted octanol–water partition coefficient (Wildman–Crippen LogP) is 3.93. The predicted molar refractivity (Wildman–Crippen MR) is 70.5 cm³/mol. The van der Waals surface area contributed by atoms with Crippen LogP contribution in [0.1, 0.15) is 10.5 Å². The largest absolute Gasteiger partial charge is 0.356 e. The third-order valence-corrected chi connectivity index (χ3v) is 3.21. The maximum atomic E-state index is 13.5. The van der Waals surface area contributed by atoms with Crippen LogP contribution in [0.15, 0.2) is 39.4 Å². The Morgan fingerprint density at radius 3 is 2.71 bits per heavy atom. The summed E-state index contributed by atoms with van der Waals surface area (Å²) in [5, 5.41) is 2.50. The molecule has 6 heteroatoms. The van der Waals surface area contributed by atoms with Crippen molar-refractivity contribution >= 4 is 43.5 Å². The van der Waals surface area contributed by atoms with Crippen LogP contribution in [-0.2, 0) is 0 Å². The van der Waals surface area contributed by atoms with Gasteiger partial charge in [-0.15, -0.1) is 0 Å². The lowest BCUT2D eigenvalue weighted by molar-refractivity contribution is 0.102. The molecule has 2 aromatic rings. The number of hydrogen-bond donors (Lipinski definition) is 2. The molecule has 1 amide bonds.